The second-order valence-corrected chi connectivity index (χ2v) is 5.78. The van der Waals surface area contributed by atoms with Crippen LogP contribution in [0.25, 0.3) is 0 Å². The van der Waals surface area contributed by atoms with Gasteiger partial charge in [0.25, 0.3) is 0 Å². The highest BCUT2D eigenvalue weighted by Gasteiger charge is 2.23. The minimum Gasteiger partial charge on any atom is -0.497 e. The molecule has 21 heavy (non-hydrogen) atoms. The molecular weight excluding hydrogens is 284 g/mol. The predicted octanol–water partition coefficient (Wildman–Crippen LogP) is 3.83. The van der Waals surface area contributed by atoms with Gasteiger partial charge in [0.15, 0.2) is 4.77 Å². The molecule has 0 spiro atoms. The summed E-state index contributed by atoms with van der Waals surface area (Å²) in [4.78, 5) is 2.06. The van der Waals surface area contributed by atoms with Crippen molar-refractivity contribution in [2.75, 3.05) is 19.1 Å². The van der Waals surface area contributed by atoms with Crippen LogP contribution in [-0.2, 0) is 0 Å². The van der Waals surface area contributed by atoms with Crippen LogP contribution in [0.3, 0.4) is 0 Å². The lowest BCUT2D eigenvalue weighted by molar-refractivity contribution is 0.415. The first-order valence-electron chi connectivity index (χ1n) is 7.25. The number of benzene rings is 1. The summed E-state index contributed by atoms with van der Waals surface area (Å²) in [5, 5.41) is 7.36. The lowest BCUT2D eigenvalue weighted by Gasteiger charge is -2.22. The minimum absolute atomic E-state index is 0.465. The van der Waals surface area contributed by atoms with Crippen LogP contribution in [0.2, 0.25) is 0 Å². The zero-order valence-corrected chi connectivity index (χ0v) is 13.2. The van der Waals surface area contributed by atoms with Gasteiger partial charge in [0.2, 0.25) is 5.95 Å². The molecule has 2 aromatic rings. The average Bonchev–Trinajstić information content (AvgIpc) is 3.15. The summed E-state index contributed by atoms with van der Waals surface area (Å²) in [5.41, 5.74) is 1.06. The molecule has 1 aliphatic rings. The standard InChI is InChI=1S/C15H20N4OS/c1-18(11-7-9-13(20-2)10-8-11)14-16-17-15(21)19(14)12-5-3-4-6-12/h7-10,12H,3-6H2,1-2H3,(H,17,21). The number of hydrogen-bond acceptors (Lipinski definition) is 4. The molecule has 0 bridgehead atoms. The Hall–Kier alpha value is -1.82. The molecular formula is C15H20N4OS. The van der Waals surface area contributed by atoms with E-state index < -0.39 is 0 Å². The van der Waals surface area contributed by atoms with Crippen LogP contribution in [0.5, 0.6) is 5.75 Å². The number of nitrogens with one attached hydrogen (secondary N) is 1. The highest BCUT2D eigenvalue weighted by molar-refractivity contribution is 7.71. The molecule has 1 N–H and O–H groups in total. The van der Waals surface area contributed by atoms with Crippen LogP contribution in [0.15, 0.2) is 24.3 Å². The molecule has 3 rings (SSSR count). The third-order valence-electron chi connectivity index (χ3n) is 4.14. The first-order chi connectivity index (χ1) is 10.2. The monoisotopic (exact) mass is 304 g/mol. The van der Waals surface area contributed by atoms with Crippen molar-refractivity contribution < 1.29 is 4.74 Å². The number of H-pyrrole nitrogens is 1. The van der Waals surface area contributed by atoms with Crippen molar-refractivity contribution in [2.24, 2.45) is 0 Å². The number of aromatic amines is 1. The number of hydrogen-bond donors (Lipinski definition) is 1. The van der Waals surface area contributed by atoms with E-state index in [0.717, 1.165) is 17.4 Å². The van der Waals surface area contributed by atoms with E-state index in [1.807, 2.05) is 31.3 Å². The van der Waals surface area contributed by atoms with Crippen molar-refractivity contribution >= 4 is 23.9 Å². The van der Waals surface area contributed by atoms with Crippen LogP contribution in [0.4, 0.5) is 11.6 Å². The van der Waals surface area contributed by atoms with Gasteiger partial charge in [-0.3, -0.25) is 4.57 Å². The molecule has 0 saturated heterocycles. The van der Waals surface area contributed by atoms with Gasteiger partial charge in [-0.2, -0.15) is 0 Å². The van der Waals surface area contributed by atoms with E-state index >= 15 is 0 Å². The highest BCUT2D eigenvalue weighted by Crippen LogP contribution is 2.34. The minimum atomic E-state index is 0.465. The molecule has 1 heterocycles. The van der Waals surface area contributed by atoms with Crippen LogP contribution in [0, 0.1) is 4.77 Å². The lowest BCUT2D eigenvalue weighted by atomic mass is 10.2. The van der Waals surface area contributed by atoms with E-state index in [0.29, 0.717) is 10.8 Å². The van der Waals surface area contributed by atoms with Crippen LogP contribution in [0.1, 0.15) is 31.7 Å². The van der Waals surface area contributed by atoms with Gasteiger partial charge >= 0.3 is 0 Å². The molecule has 1 saturated carbocycles. The van der Waals surface area contributed by atoms with E-state index in [2.05, 4.69) is 19.7 Å². The normalized spacial score (nSPS) is 15.3. The SMILES string of the molecule is COc1ccc(N(C)c2n[nH]c(=S)n2C2CCCC2)cc1. The van der Waals surface area contributed by atoms with Crippen LogP contribution < -0.4 is 9.64 Å². The summed E-state index contributed by atoms with van der Waals surface area (Å²) in [6.45, 7) is 0. The molecule has 5 nitrogen and oxygen atoms in total. The van der Waals surface area contributed by atoms with Gasteiger partial charge in [-0.05, 0) is 49.3 Å². The first-order valence-corrected chi connectivity index (χ1v) is 7.66. The fourth-order valence-electron chi connectivity index (χ4n) is 2.95. The zero-order chi connectivity index (χ0) is 14.8. The maximum Gasteiger partial charge on any atom is 0.230 e. The molecule has 1 aromatic heterocycles. The summed E-state index contributed by atoms with van der Waals surface area (Å²) in [6.07, 6.45) is 4.89. The molecule has 0 radical (unpaired) electrons. The third-order valence-corrected chi connectivity index (χ3v) is 4.42. The Morgan fingerprint density at radius 2 is 1.95 bits per heavy atom. The number of rotatable bonds is 4. The number of methoxy groups -OCH3 is 1. The first kappa shape index (κ1) is 14.1. The second-order valence-electron chi connectivity index (χ2n) is 5.39. The molecule has 1 aromatic carbocycles. The molecule has 1 aliphatic carbocycles. The number of anilines is 2. The molecule has 0 unspecified atom stereocenters. The Morgan fingerprint density at radius 1 is 1.29 bits per heavy atom. The Balaban J connectivity index is 1.93. The van der Waals surface area contributed by atoms with E-state index in [4.69, 9.17) is 17.0 Å². The summed E-state index contributed by atoms with van der Waals surface area (Å²) in [7, 11) is 3.68. The number of aromatic nitrogens is 3. The number of ether oxygens (including phenoxy) is 1. The highest BCUT2D eigenvalue weighted by atomic mass is 32.1. The van der Waals surface area contributed by atoms with Crippen molar-refractivity contribution in [2.45, 2.75) is 31.7 Å². The van der Waals surface area contributed by atoms with Gasteiger partial charge in [0.1, 0.15) is 5.75 Å². The van der Waals surface area contributed by atoms with E-state index in [1.54, 1.807) is 7.11 Å². The molecule has 1 fully saturated rings. The fraction of sp³-hybridized carbons (Fsp3) is 0.467. The van der Waals surface area contributed by atoms with Crippen molar-refractivity contribution in [3.05, 3.63) is 29.0 Å². The van der Waals surface area contributed by atoms with Crippen molar-refractivity contribution in [3.63, 3.8) is 0 Å². The van der Waals surface area contributed by atoms with Gasteiger partial charge in [-0.15, -0.1) is 5.10 Å². The van der Waals surface area contributed by atoms with Crippen LogP contribution in [-0.4, -0.2) is 28.9 Å². The molecule has 0 amide bonds. The van der Waals surface area contributed by atoms with Gasteiger partial charge in [-0.1, -0.05) is 12.8 Å². The van der Waals surface area contributed by atoms with Gasteiger partial charge in [0, 0.05) is 18.8 Å². The Labute approximate surface area is 129 Å². The zero-order valence-electron chi connectivity index (χ0n) is 12.4. The van der Waals surface area contributed by atoms with Crippen LogP contribution >= 0.6 is 12.2 Å². The summed E-state index contributed by atoms with van der Waals surface area (Å²) < 4.78 is 8.07. The van der Waals surface area contributed by atoms with Crippen molar-refractivity contribution in [3.8, 4) is 5.75 Å². The Morgan fingerprint density at radius 3 is 2.57 bits per heavy atom. The molecule has 0 atom stereocenters. The summed E-state index contributed by atoms with van der Waals surface area (Å²) >= 11 is 5.42. The Bertz CT molecular complexity index is 655. The Kier molecular flexibility index (Phi) is 3.96. The van der Waals surface area contributed by atoms with Crippen molar-refractivity contribution in [1.82, 2.24) is 14.8 Å². The summed E-state index contributed by atoms with van der Waals surface area (Å²) in [6, 6.07) is 8.41. The fourth-order valence-corrected chi connectivity index (χ4v) is 3.22. The lowest BCUT2D eigenvalue weighted by Crippen LogP contribution is -2.18. The van der Waals surface area contributed by atoms with Gasteiger partial charge in [0.05, 0.1) is 7.11 Å². The molecule has 0 aliphatic heterocycles. The third kappa shape index (κ3) is 2.68. The van der Waals surface area contributed by atoms with E-state index in [1.165, 1.54) is 25.7 Å². The van der Waals surface area contributed by atoms with E-state index in [-0.39, 0.29) is 0 Å². The average molecular weight is 304 g/mol. The van der Waals surface area contributed by atoms with Gasteiger partial charge in [-0.25, -0.2) is 5.10 Å². The molecule has 112 valence electrons. The quantitative estimate of drug-likeness (QED) is 0.872. The van der Waals surface area contributed by atoms with Gasteiger partial charge < -0.3 is 9.64 Å². The maximum absolute atomic E-state index is 5.42. The van der Waals surface area contributed by atoms with E-state index in [9.17, 15) is 0 Å². The number of nitrogens with zero attached hydrogens (tertiary/aromatic N) is 3. The smallest absolute Gasteiger partial charge is 0.230 e. The molecule has 6 heteroatoms. The topological polar surface area (TPSA) is 46.1 Å². The largest absolute Gasteiger partial charge is 0.497 e. The summed E-state index contributed by atoms with van der Waals surface area (Å²) in [5.74, 6) is 1.72. The second kappa shape index (κ2) is 5.89. The predicted molar refractivity (Wildman–Crippen MR) is 86.0 cm³/mol. The maximum atomic E-state index is 5.42. The van der Waals surface area contributed by atoms with Crippen molar-refractivity contribution in [1.29, 1.82) is 0 Å².